The SMILES string of the molecule is NC[C@@H]1CN(C(=O)c2ccc3c(c2)CCNCC3)C[C@H]1c1ccccc1. The molecule has 2 heterocycles. The normalized spacial score (nSPS) is 22.7. The van der Waals surface area contributed by atoms with E-state index in [2.05, 4.69) is 41.7 Å². The van der Waals surface area contributed by atoms with E-state index in [1.165, 1.54) is 16.7 Å². The molecule has 136 valence electrons. The number of nitrogens with zero attached hydrogens (tertiary/aromatic N) is 1. The first-order chi connectivity index (χ1) is 12.8. The fraction of sp³-hybridized carbons (Fsp3) is 0.409. The molecular weight excluding hydrogens is 322 g/mol. The van der Waals surface area contributed by atoms with Crippen LogP contribution in [-0.2, 0) is 12.8 Å². The number of fused-ring (bicyclic) bond motifs is 1. The standard InChI is InChI=1S/C22H27N3O/c23-13-20-14-25(15-21(20)17-4-2-1-3-5-17)22(26)19-7-6-16-8-10-24-11-9-18(16)12-19/h1-7,12,20-21,24H,8-11,13-15,23H2/t20-,21+/m1/s1. The first-order valence-electron chi connectivity index (χ1n) is 9.63. The highest BCUT2D eigenvalue weighted by Gasteiger charge is 2.35. The predicted molar refractivity (Wildman–Crippen MR) is 104 cm³/mol. The maximum absolute atomic E-state index is 13.1. The van der Waals surface area contributed by atoms with Crippen LogP contribution in [0.15, 0.2) is 48.5 Å². The molecule has 4 heteroatoms. The van der Waals surface area contributed by atoms with E-state index in [4.69, 9.17) is 5.73 Å². The van der Waals surface area contributed by atoms with Crippen molar-refractivity contribution >= 4 is 5.91 Å². The molecule has 4 nitrogen and oxygen atoms in total. The lowest BCUT2D eigenvalue weighted by Gasteiger charge is -2.18. The summed E-state index contributed by atoms with van der Waals surface area (Å²) >= 11 is 0. The Morgan fingerprint density at radius 1 is 1.04 bits per heavy atom. The molecule has 0 unspecified atom stereocenters. The fourth-order valence-electron chi connectivity index (χ4n) is 4.34. The number of hydrogen-bond donors (Lipinski definition) is 2. The summed E-state index contributed by atoms with van der Waals surface area (Å²) in [4.78, 5) is 15.1. The molecule has 0 aliphatic carbocycles. The Kier molecular flexibility index (Phi) is 5.05. The van der Waals surface area contributed by atoms with Crippen LogP contribution < -0.4 is 11.1 Å². The second-order valence-corrected chi connectivity index (χ2v) is 7.46. The lowest BCUT2D eigenvalue weighted by atomic mass is 9.89. The molecule has 1 amide bonds. The van der Waals surface area contributed by atoms with Crippen molar-refractivity contribution in [1.29, 1.82) is 0 Å². The first kappa shape index (κ1) is 17.3. The summed E-state index contributed by atoms with van der Waals surface area (Å²) in [6.45, 7) is 4.11. The summed E-state index contributed by atoms with van der Waals surface area (Å²) in [6, 6.07) is 16.7. The third-order valence-corrected chi connectivity index (χ3v) is 5.85. The van der Waals surface area contributed by atoms with Gasteiger partial charge < -0.3 is 16.0 Å². The Bertz CT molecular complexity index is 774. The van der Waals surface area contributed by atoms with Gasteiger partial charge in [-0.15, -0.1) is 0 Å². The van der Waals surface area contributed by atoms with Crippen LogP contribution in [0.1, 0.15) is 33.0 Å². The zero-order valence-electron chi connectivity index (χ0n) is 15.2. The van der Waals surface area contributed by atoms with Crippen molar-refractivity contribution in [2.24, 2.45) is 11.7 Å². The van der Waals surface area contributed by atoms with Gasteiger partial charge in [-0.3, -0.25) is 4.79 Å². The van der Waals surface area contributed by atoms with Crippen molar-refractivity contribution in [1.82, 2.24) is 10.2 Å². The van der Waals surface area contributed by atoms with E-state index >= 15 is 0 Å². The van der Waals surface area contributed by atoms with Gasteiger partial charge in [0.15, 0.2) is 0 Å². The average molecular weight is 349 g/mol. The Hall–Kier alpha value is -2.17. The fourth-order valence-corrected chi connectivity index (χ4v) is 4.34. The van der Waals surface area contributed by atoms with Gasteiger partial charge in [-0.05, 0) is 67.2 Å². The average Bonchev–Trinajstić information content (AvgIpc) is 2.99. The van der Waals surface area contributed by atoms with Crippen molar-refractivity contribution in [3.63, 3.8) is 0 Å². The Morgan fingerprint density at radius 2 is 1.81 bits per heavy atom. The first-order valence-corrected chi connectivity index (χ1v) is 9.63. The number of rotatable bonds is 3. The van der Waals surface area contributed by atoms with E-state index in [0.29, 0.717) is 18.4 Å². The molecule has 2 aliphatic rings. The summed E-state index contributed by atoms with van der Waals surface area (Å²) in [5.41, 5.74) is 10.8. The van der Waals surface area contributed by atoms with Crippen LogP contribution in [0.25, 0.3) is 0 Å². The molecule has 3 N–H and O–H groups in total. The molecule has 0 aromatic heterocycles. The van der Waals surface area contributed by atoms with Crippen LogP contribution in [0, 0.1) is 5.92 Å². The van der Waals surface area contributed by atoms with Crippen LogP contribution in [0.5, 0.6) is 0 Å². The molecule has 0 saturated carbocycles. The molecule has 2 atom stereocenters. The van der Waals surface area contributed by atoms with Crippen LogP contribution in [0.3, 0.4) is 0 Å². The minimum atomic E-state index is 0.141. The van der Waals surface area contributed by atoms with Crippen LogP contribution in [0.2, 0.25) is 0 Å². The van der Waals surface area contributed by atoms with Crippen molar-refractivity contribution in [2.75, 3.05) is 32.7 Å². The number of carbonyl (C=O) groups is 1. The number of hydrogen-bond acceptors (Lipinski definition) is 3. The highest BCUT2D eigenvalue weighted by Crippen LogP contribution is 2.33. The number of likely N-dealkylation sites (tertiary alicyclic amines) is 1. The summed E-state index contributed by atoms with van der Waals surface area (Å²) in [5.74, 6) is 0.795. The number of nitrogens with one attached hydrogen (secondary N) is 1. The molecule has 2 aromatic rings. The Morgan fingerprint density at radius 3 is 2.58 bits per heavy atom. The number of benzene rings is 2. The monoisotopic (exact) mass is 349 g/mol. The second-order valence-electron chi connectivity index (χ2n) is 7.46. The minimum Gasteiger partial charge on any atom is -0.338 e. The van der Waals surface area contributed by atoms with Crippen LogP contribution in [0.4, 0.5) is 0 Å². The maximum Gasteiger partial charge on any atom is 0.253 e. The van der Waals surface area contributed by atoms with Gasteiger partial charge >= 0.3 is 0 Å². The van der Waals surface area contributed by atoms with E-state index < -0.39 is 0 Å². The van der Waals surface area contributed by atoms with Gasteiger partial charge in [0.2, 0.25) is 0 Å². The molecule has 0 bridgehead atoms. The van der Waals surface area contributed by atoms with E-state index in [-0.39, 0.29) is 5.91 Å². The van der Waals surface area contributed by atoms with Crippen molar-refractivity contribution < 1.29 is 4.79 Å². The number of amides is 1. The summed E-state index contributed by atoms with van der Waals surface area (Å²) < 4.78 is 0. The highest BCUT2D eigenvalue weighted by atomic mass is 16.2. The third kappa shape index (κ3) is 3.39. The van der Waals surface area contributed by atoms with Gasteiger partial charge in [0.25, 0.3) is 5.91 Å². The molecule has 1 fully saturated rings. The van der Waals surface area contributed by atoms with E-state index in [9.17, 15) is 4.79 Å². The smallest absolute Gasteiger partial charge is 0.253 e. The minimum absolute atomic E-state index is 0.141. The van der Waals surface area contributed by atoms with Crippen molar-refractivity contribution in [3.8, 4) is 0 Å². The molecule has 4 rings (SSSR count). The number of carbonyl (C=O) groups excluding carboxylic acids is 1. The van der Waals surface area contributed by atoms with Gasteiger partial charge in [-0.25, -0.2) is 0 Å². The van der Waals surface area contributed by atoms with Crippen molar-refractivity contribution in [2.45, 2.75) is 18.8 Å². The van der Waals surface area contributed by atoms with E-state index in [1.807, 2.05) is 17.0 Å². The topological polar surface area (TPSA) is 58.4 Å². The summed E-state index contributed by atoms with van der Waals surface area (Å²) in [5, 5.41) is 3.43. The number of nitrogens with two attached hydrogens (primary N) is 1. The summed E-state index contributed by atoms with van der Waals surface area (Å²) in [6.07, 6.45) is 2.04. The zero-order chi connectivity index (χ0) is 17.9. The lowest BCUT2D eigenvalue weighted by Crippen LogP contribution is -2.30. The molecule has 2 aromatic carbocycles. The molecular formula is C22H27N3O. The predicted octanol–water partition coefficient (Wildman–Crippen LogP) is 2.19. The van der Waals surface area contributed by atoms with Crippen LogP contribution >= 0.6 is 0 Å². The molecule has 0 radical (unpaired) electrons. The van der Waals surface area contributed by atoms with Gasteiger partial charge in [0.05, 0.1) is 0 Å². The quantitative estimate of drug-likeness (QED) is 0.893. The maximum atomic E-state index is 13.1. The zero-order valence-corrected chi connectivity index (χ0v) is 15.2. The molecule has 0 spiro atoms. The van der Waals surface area contributed by atoms with Gasteiger partial charge in [-0.1, -0.05) is 36.4 Å². The second kappa shape index (κ2) is 7.60. The van der Waals surface area contributed by atoms with Gasteiger partial charge in [-0.2, -0.15) is 0 Å². The molecule has 1 saturated heterocycles. The molecule has 26 heavy (non-hydrogen) atoms. The van der Waals surface area contributed by atoms with Gasteiger partial charge in [0.1, 0.15) is 0 Å². The largest absolute Gasteiger partial charge is 0.338 e. The summed E-state index contributed by atoms with van der Waals surface area (Å²) in [7, 11) is 0. The molecule has 2 aliphatic heterocycles. The van der Waals surface area contributed by atoms with E-state index in [1.54, 1.807) is 0 Å². The van der Waals surface area contributed by atoms with Gasteiger partial charge in [0, 0.05) is 24.6 Å². The Labute approximate surface area is 155 Å². The lowest BCUT2D eigenvalue weighted by molar-refractivity contribution is 0.0786. The van der Waals surface area contributed by atoms with E-state index in [0.717, 1.165) is 44.6 Å². The highest BCUT2D eigenvalue weighted by molar-refractivity contribution is 5.94. The van der Waals surface area contributed by atoms with Crippen LogP contribution in [-0.4, -0.2) is 43.5 Å². The van der Waals surface area contributed by atoms with Crippen molar-refractivity contribution in [3.05, 3.63) is 70.8 Å². The third-order valence-electron chi connectivity index (χ3n) is 5.85. The Balaban J connectivity index is 1.54.